The average Bonchev–Trinajstić information content (AvgIpc) is 2.39. The summed E-state index contributed by atoms with van der Waals surface area (Å²) < 4.78 is 13.5. The molecule has 2 nitrogen and oxygen atoms in total. The second-order valence-corrected chi connectivity index (χ2v) is 7.08. The van der Waals surface area contributed by atoms with Crippen molar-refractivity contribution in [1.29, 1.82) is 0 Å². The maximum absolute atomic E-state index is 13.5. The van der Waals surface area contributed by atoms with Gasteiger partial charge in [0.15, 0.2) is 0 Å². The summed E-state index contributed by atoms with van der Waals surface area (Å²) in [5.74, 6) is -0.108. The highest BCUT2D eigenvalue weighted by Crippen LogP contribution is 2.34. The normalized spacial score (nSPS) is 19.1. The first kappa shape index (κ1) is 15.5. The van der Waals surface area contributed by atoms with Gasteiger partial charge in [0, 0.05) is 32.2 Å². The van der Waals surface area contributed by atoms with E-state index in [0.29, 0.717) is 6.04 Å². The van der Waals surface area contributed by atoms with Crippen LogP contribution in [-0.4, -0.2) is 31.1 Å². The Kier molecular flexibility index (Phi) is 4.82. The molecule has 1 aromatic carbocycles. The van der Waals surface area contributed by atoms with Crippen molar-refractivity contribution in [3.63, 3.8) is 0 Å². The van der Waals surface area contributed by atoms with Crippen molar-refractivity contribution in [1.82, 2.24) is 10.2 Å². The third kappa shape index (κ3) is 4.03. The number of hydrogen-bond donors (Lipinski definition) is 1. The van der Waals surface area contributed by atoms with E-state index in [1.165, 1.54) is 5.56 Å². The molecule has 0 amide bonds. The van der Waals surface area contributed by atoms with Crippen molar-refractivity contribution in [3.8, 4) is 0 Å². The molecule has 1 aromatic rings. The van der Waals surface area contributed by atoms with Gasteiger partial charge in [0.1, 0.15) is 5.82 Å². The zero-order valence-electron chi connectivity index (χ0n) is 13.2. The molecule has 0 aliphatic carbocycles. The summed E-state index contributed by atoms with van der Waals surface area (Å²) in [4.78, 5) is 2.54. The minimum Gasteiger partial charge on any atom is -0.314 e. The van der Waals surface area contributed by atoms with Gasteiger partial charge in [0.2, 0.25) is 0 Å². The van der Waals surface area contributed by atoms with E-state index in [1.54, 1.807) is 6.07 Å². The molecule has 1 heterocycles. The molecule has 0 spiro atoms. The minimum absolute atomic E-state index is 0.108. The van der Waals surface area contributed by atoms with Crippen LogP contribution in [0.15, 0.2) is 18.2 Å². The predicted molar refractivity (Wildman–Crippen MR) is 82.4 cm³/mol. The number of piperazine rings is 1. The Hall–Kier alpha value is -0.930. The van der Waals surface area contributed by atoms with Gasteiger partial charge < -0.3 is 5.32 Å². The summed E-state index contributed by atoms with van der Waals surface area (Å²) in [5.41, 5.74) is 2.26. The fraction of sp³-hybridized carbons (Fsp3) is 0.647. The average molecular weight is 278 g/mol. The Morgan fingerprint density at radius 3 is 2.45 bits per heavy atom. The second-order valence-electron chi connectivity index (χ2n) is 7.08. The van der Waals surface area contributed by atoms with E-state index < -0.39 is 0 Å². The van der Waals surface area contributed by atoms with Crippen LogP contribution in [0.2, 0.25) is 0 Å². The first-order valence-corrected chi connectivity index (χ1v) is 7.58. The lowest BCUT2D eigenvalue weighted by atomic mass is 9.84. The molecule has 1 unspecified atom stereocenters. The molecule has 0 aromatic heterocycles. The molecular weight excluding hydrogens is 251 g/mol. The van der Waals surface area contributed by atoms with Gasteiger partial charge in [0.25, 0.3) is 0 Å². The summed E-state index contributed by atoms with van der Waals surface area (Å²) in [5, 5.41) is 3.40. The number of nitrogens with zero attached hydrogens (tertiary/aromatic N) is 1. The molecule has 3 heteroatoms. The molecule has 0 radical (unpaired) electrons. The molecule has 1 saturated heterocycles. The van der Waals surface area contributed by atoms with Crippen LogP contribution in [0.4, 0.5) is 4.39 Å². The van der Waals surface area contributed by atoms with Crippen LogP contribution < -0.4 is 5.32 Å². The highest BCUT2D eigenvalue weighted by Gasteiger charge is 2.27. The first-order chi connectivity index (χ1) is 9.37. The third-order valence-electron chi connectivity index (χ3n) is 3.96. The smallest absolute Gasteiger partial charge is 0.126 e. The monoisotopic (exact) mass is 278 g/mol. The standard InChI is InChI=1S/C17H27FN2/c1-13-11-14(5-6-15(13)18)16(12-17(2,3)4)20-9-7-19-8-10-20/h5-6,11,16,19H,7-10,12H2,1-4H3. The number of nitrogens with one attached hydrogen (secondary N) is 1. The Balaban J connectivity index is 2.26. The molecule has 20 heavy (non-hydrogen) atoms. The highest BCUT2D eigenvalue weighted by atomic mass is 19.1. The number of halogens is 1. The Morgan fingerprint density at radius 1 is 1.25 bits per heavy atom. The van der Waals surface area contributed by atoms with Gasteiger partial charge in [-0.3, -0.25) is 4.90 Å². The van der Waals surface area contributed by atoms with Crippen LogP contribution in [0.5, 0.6) is 0 Å². The van der Waals surface area contributed by atoms with Gasteiger partial charge in [-0.05, 0) is 36.0 Å². The molecule has 0 bridgehead atoms. The van der Waals surface area contributed by atoms with Crippen molar-refractivity contribution in [2.45, 2.75) is 40.2 Å². The van der Waals surface area contributed by atoms with Gasteiger partial charge in [-0.2, -0.15) is 0 Å². The first-order valence-electron chi connectivity index (χ1n) is 7.58. The maximum Gasteiger partial charge on any atom is 0.126 e. The number of aryl methyl sites for hydroxylation is 1. The number of benzene rings is 1. The van der Waals surface area contributed by atoms with E-state index >= 15 is 0 Å². The van der Waals surface area contributed by atoms with E-state index in [0.717, 1.165) is 38.2 Å². The topological polar surface area (TPSA) is 15.3 Å². The fourth-order valence-corrected chi connectivity index (χ4v) is 2.91. The van der Waals surface area contributed by atoms with E-state index in [1.807, 2.05) is 19.1 Å². The zero-order chi connectivity index (χ0) is 14.8. The number of hydrogen-bond acceptors (Lipinski definition) is 2. The quantitative estimate of drug-likeness (QED) is 0.910. The summed E-state index contributed by atoms with van der Waals surface area (Å²) in [6, 6.07) is 5.98. The molecule has 1 atom stereocenters. The van der Waals surface area contributed by atoms with Crippen molar-refractivity contribution in [3.05, 3.63) is 35.1 Å². The van der Waals surface area contributed by atoms with Crippen LogP contribution >= 0.6 is 0 Å². The SMILES string of the molecule is Cc1cc(C(CC(C)(C)C)N2CCNCC2)ccc1F. The molecular formula is C17H27FN2. The Morgan fingerprint density at radius 2 is 1.90 bits per heavy atom. The zero-order valence-corrected chi connectivity index (χ0v) is 13.2. The molecule has 2 rings (SSSR count). The summed E-state index contributed by atoms with van der Waals surface area (Å²) in [6.45, 7) is 12.9. The van der Waals surface area contributed by atoms with E-state index in [4.69, 9.17) is 0 Å². The van der Waals surface area contributed by atoms with Gasteiger partial charge in [-0.25, -0.2) is 4.39 Å². The lowest BCUT2D eigenvalue weighted by Gasteiger charge is -2.38. The van der Waals surface area contributed by atoms with Gasteiger partial charge >= 0.3 is 0 Å². The Labute approximate surface area is 122 Å². The molecule has 1 N–H and O–H groups in total. The number of rotatable bonds is 3. The lowest BCUT2D eigenvalue weighted by Crippen LogP contribution is -2.45. The third-order valence-corrected chi connectivity index (χ3v) is 3.96. The fourth-order valence-electron chi connectivity index (χ4n) is 2.91. The predicted octanol–water partition coefficient (Wildman–Crippen LogP) is 3.52. The summed E-state index contributed by atoms with van der Waals surface area (Å²) in [7, 11) is 0. The highest BCUT2D eigenvalue weighted by molar-refractivity contribution is 5.27. The molecule has 112 valence electrons. The maximum atomic E-state index is 13.5. The van der Waals surface area contributed by atoms with Crippen molar-refractivity contribution < 1.29 is 4.39 Å². The van der Waals surface area contributed by atoms with Crippen LogP contribution in [-0.2, 0) is 0 Å². The van der Waals surface area contributed by atoms with Crippen molar-refractivity contribution in [2.75, 3.05) is 26.2 Å². The molecule has 0 saturated carbocycles. The molecule has 1 aliphatic heterocycles. The summed E-state index contributed by atoms with van der Waals surface area (Å²) in [6.07, 6.45) is 1.10. The van der Waals surface area contributed by atoms with Crippen LogP contribution in [0.25, 0.3) is 0 Å². The summed E-state index contributed by atoms with van der Waals surface area (Å²) >= 11 is 0. The Bertz CT molecular complexity index is 445. The van der Waals surface area contributed by atoms with Gasteiger partial charge in [-0.1, -0.05) is 32.9 Å². The lowest BCUT2D eigenvalue weighted by molar-refractivity contribution is 0.132. The van der Waals surface area contributed by atoms with Crippen molar-refractivity contribution in [2.24, 2.45) is 5.41 Å². The van der Waals surface area contributed by atoms with Gasteiger partial charge in [-0.15, -0.1) is 0 Å². The van der Waals surface area contributed by atoms with Crippen LogP contribution in [0.1, 0.15) is 44.4 Å². The largest absolute Gasteiger partial charge is 0.314 e. The van der Waals surface area contributed by atoms with Crippen LogP contribution in [0, 0.1) is 18.2 Å². The minimum atomic E-state index is -0.108. The van der Waals surface area contributed by atoms with Crippen LogP contribution in [0.3, 0.4) is 0 Å². The molecule has 1 fully saturated rings. The second kappa shape index (κ2) is 6.23. The van der Waals surface area contributed by atoms with E-state index in [2.05, 4.69) is 31.0 Å². The molecule has 1 aliphatic rings. The van der Waals surface area contributed by atoms with Crippen molar-refractivity contribution >= 4 is 0 Å². The van der Waals surface area contributed by atoms with E-state index in [-0.39, 0.29) is 11.2 Å². The van der Waals surface area contributed by atoms with Gasteiger partial charge in [0.05, 0.1) is 0 Å². The van der Waals surface area contributed by atoms with E-state index in [9.17, 15) is 4.39 Å².